The fraction of sp³-hybridized carbons (Fsp3) is 1.00. The Hall–Kier alpha value is -0.0551. The molecule has 27 atom stereocenters. The lowest BCUT2D eigenvalue weighted by atomic mass is 9.18. The van der Waals surface area contributed by atoms with Crippen molar-refractivity contribution in [1.82, 2.24) is 14.7 Å². The highest BCUT2D eigenvalue weighted by atomic mass is 15.3. The van der Waals surface area contributed by atoms with Gasteiger partial charge in [-0.05, 0) is 269 Å². The minimum absolute atomic E-state index is 0.363. The summed E-state index contributed by atoms with van der Waals surface area (Å²) in [6.45, 7) is 9.50. The quantitative estimate of drug-likeness (QED) is 0.224. The summed E-state index contributed by atoms with van der Waals surface area (Å²) in [7, 11) is 0. The van der Waals surface area contributed by atoms with Gasteiger partial charge in [0.15, 0.2) is 6.71 Å². The minimum atomic E-state index is 0.363. The normalized spacial score (nSPS) is 51.9. The van der Waals surface area contributed by atoms with E-state index in [2.05, 4.69) is 35.5 Å². The van der Waals surface area contributed by atoms with Gasteiger partial charge >= 0.3 is 0 Å². The first-order valence-corrected chi connectivity index (χ1v) is 45.6. The van der Waals surface area contributed by atoms with Crippen LogP contribution in [0.5, 0.6) is 0 Å². The standard InChI is InChI=1S/C90H148BN3/c1-90(2,3)65-54-83-87-84(55-65)94(89-69(59-29-12-6-13-30-59)40-24-41-70(89)60-31-14-7-15-32-60)82-56-66(92-79-45-18-16-36-71(79)72-37-17-19-46-80(72)92)48-49-77(82)91(87)78-53-62(64-51-63-35-22-43-74-73-42-20-33-61-34-21-44-75(85(61)73)76(52-64)86(63)74)47-50-81(78)93(83)88-67(57-25-8-4-9-26-57)38-23-39-68(88)58-27-10-5-11-28-58/h57-89H,4-56H2,1-3H3. The van der Waals surface area contributed by atoms with Crippen LogP contribution in [-0.2, 0) is 0 Å². The van der Waals surface area contributed by atoms with E-state index in [1.165, 1.54) is 38.5 Å². The zero-order chi connectivity index (χ0) is 62.3. The van der Waals surface area contributed by atoms with Gasteiger partial charge < -0.3 is 0 Å². The first-order valence-electron chi connectivity index (χ1n) is 45.6. The van der Waals surface area contributed by atoms with Crippen LogP contribution in [0.3, 0.4) is 0 Å². The van der Waals surface area contributed by atoms with Crippen LogP contribution in [0.15, 0.2) is 0 Å². The van der Waals surface area contributed by atoms with Crippen LogP contribution in [-0.4, -0.2) is 75.8 Å². The van der Waals surface area contributed by atoms with Crippen LogP contribution in [0.25, 0.3) is 0 Å². The molecule has 4 heteroatoms. The molecule has 0 aromatic rings. The van der Waals surface area contributed by atoms with Crippen molar-refractivity contribution in [3.8, 4) is 0 Å². The van der Waals surface area contributed by atoms with Gasteiger partial charge in [-0.25, -0.2) is 0 Å². The zero-order valence-corrected chi connectivity index (χ0v) is 61.9. The van der Waals surface area contributed by atoms with E-state index in [9.17, 15) is 0 Å². The number of likely N-dealkylation sites (tertiary alicyclic amines) is 1. The Labute approximate surface area is 580 Å². The Morgan fingerprint density at radius 3 is 1.16 bits per heavy atom. The molecule has 0 aromatic heterocycles. The predicted molar refractivity (Wildman–Crippen MR) is 394 cm³/mol. The van der Waals surface area contributed by atoms with E-state index in [1.807, 2.05) is 0 Å². The molecule has 19 fully saturated rings. The summed E-state index contributed by atoms with van der Waals surface area (Å²) in [6.07, 6.45) is 84.2. The lowest BCUT2D eigenvalue weighted by Gasteiger charge is -2.72. The lowest BCUT2D eigenvalue weighted by molar-refractivity contribution is -0.154. The summed E-state index contributed by atoms with van der Waals surface area (Å²) < 4.78 is 0. The molecule has 0 spiro atoms. The van der Waals surface area contributed by atoms with Gasteiger partial charge in [-0.3, -0.25) is 14.7 Å². The number of fused-ring (bicyclic) bond motifs is 9. The highest BCUT2D eigenvalue weighted by Gasteiger charge is 2.70. The topological polar surface area (TPSA) is 9.72 Å². The smallest absolute Gasteiger partial charge is 0.156 e. The van der Waals surface area contributed by atoms with Gasteiger partial charge in [-0.1, -0.05) is 239 Å². The molecule has 16 saturated carbocycles. The van der Waals surface area contributed by atoms with Crippen molar-refractivity contribution in [3.05, 3.63) is 0 Å². The Kier molecular flexibility index (Phi) is 18.7. The maximum atomic E-state index is 3.95. The second-order valence-electron chi connectivity index (χ2n) is 42.1. The molecular weight excluding hydrogens is 1130 g/mol. The van der Waals surface area contributed by atoms with E-state index >= 15 is 0 Å². The molecule has 526 valence electrons. The molecular formula is C90H148BN3. The number of hydrogen-bond donors (Lipinski definition) is 0. The average Bonchev–Trinajstić information content (AvgIpc) is 0.793. The van der Waals surface area contributed by atoms with Crippen LogP contribution in [0.1, 0.15) is 361 Å². The van der Waals surface area contributed by atoms with E-state index in [0.29, 0.717) is 5.41 Å². The summed E-state index contributed by atoms with van der Waals surface area (Å²) in [5.41, 5.74) is 0.363. The molecule has 3 saturated heterocycles. The van der Waals surface area contributed by atoms with Gasteiger partial charge in [0.1, 0.15) is 0 Å². The Morgan fingerprint density at radius 2 is 0.649 bits per heavy atom. The Balaban J connectivity index is 0.769. The van der Waals surface area contributed by atoms with Crippen molar-refractivity contribution in [2.75, 3.05) is 0 Å². The lowest BCUT2D eigenvalue weighted by Crippen LogP contribution is -2.77. The van der Waals surface area contributed by atoms with Crippen LogP contribution < -0.4 is 0 Å². The van der Waals surface area contributed by atoms with Crippen molar-refractivity contribution >= 4 is 6.71 Å². The van der Waals surface area contributed by atoms with Gasteiger partial charge in [0.05, 0.1) is 0 Å². The largest absolute Gasteiger partial charge is 0.295 e. The second kappa shape index (κ2) is 27.2. The minimum Gasteiger partial charge on any atom is -0.295 e. The van der Waals surface area contributed by atoms with Crippen molar-refractivity contribution in [3.63, 3.8) is 0 Å². The van der Waals surface area contributed by atoms with E-state index in [4.69, 9.17) is 0 Å². The van der Waals surface area contributed by atoms with Gasteiger partial charge in [0.25, 0.3) is 0 Å². The molecule has 0 N–H and O–H groups in total. The Bertz CT molecular complexity index is 2440. The zero-order valence-electron chi connectivity index (χ0n) is 61.9. The van der Waals surface area contributed by atoms with Crippen LogP contribution in [0.2, 0.25) is 17.5 Å². The average molecular weight is 1280 g/mol. The highest BCUT2D eigenvalue weighted by Crippen LogP contribution is 2.71. The number of rotatable bonds is 8. The van der Waals surface area contributed by atoms with E-state index in [1.54, 1.807) is 302 Å². The molecule has 0 amide bonds. The second-order valence-corrected chi connectivity index (χ2v) is 42.1. The van der Waals surface area contributed by atoms with E-state index < -0.39 is 0 Å². The summed E-state index contributed by atoms with van der Waals surface area (Å²) >= 11 is 0. The summed E-state index contributed by atoms with van der Waals surface area (Å²) in [5.74, 6) is 24.7. The first-order chi connectivity index (χ1) is 46.3. The Morgan fingerprint density at radius 1 is 0.234 bits per heavy atom. The van der Waals surface area contributed by atoms with Crippen molar-refractivity contribution < 1.29 is 0 Å². The summed E-state index contributed by atoms with van der Waals surface area (Å²) in [5, 5.41) is 0. The molecule has 0 bridgehead atoms. The fourth-order valence-corrected chi connectivity index (χ4v) is 35.3. The van der Waals surface area contributed by atoms with Crippen molar-refractivity contribution in [1.29, 1.82) is 0 Å². The molecule has 3 nitrogen and oxygen atoms in total. The first kappa shape index (κ1) is 64.8. The van der Waals surface area contributed by atoms with Crippen molar-refractivity contribution in [2.45, 2.75) is 433 Å². The highest BCUT2D eigenvalue weighted by molar-refractivity contribution is 6.65. The third-order valence-corrected chi connectivity index (χ3v) is 38.1. The van der Waals surface area contributed by atoms with Crippen LogP contribution >= 0.6 is 0 Å². The third-order valence-electron chi connectivity index (χ3n) is 38.1. The molecule has 16 aliphatic carbocycles. The maximum Gasteiger partial charge on any atom is 0.156 e. The predicted octanol–water partition coefficient (Wildman–Crippen LogP) is 23.7. The molecule has 94 heavy (non-hydrogen) atoms. The molecule has 27 unspecified atom stereocenters. The fourth-order valence-electron chi connectivity index (χ4n) is 35.3. The summed E-state index contributed by atoms with van der Waals surface area (Å²) in [6, 6.07) is 7.86. The van der Waals surface area contributed by atoms with Gasteiger partial charge in [-0.2, -0.15) is 0 Å². The van der Waals surface area contributed by atoms with Gasteiger partial charge in [0.2, 0.25) is 0 Å². The van der Waals surface area contributed by atoms with E-state index in [0.717, 1.165) is 203 Å². The molecule has 19 aliphatic rings. The molecule has 3 heterocycles. The van der Waals surface area contributed by atoms with Gasteiger partial charge in [0, 0.05) is 54.4 Å². The SMILES string of the molecule is CC(C)(C)C1CC2C3B(C4CC(C5CC6CCCC7C8CCCC9CCCC(C(C5)C67)C98)CCC4N2C2C(C4CCCCC4)CCCC2C2CCCCC2)C2CCC(N4C5CCCCC5C5CCCCC54)CC2N(C2C(C4CCCCC4)CCCC2C2CCCCC2)C3C1. The molecule has 0 aromatic carbocycles. The maximum absolute atomic E-state index is 3.95. The van der Waals surface area contributed by atoms with Crippen LogP contribution in [0.4, 0.5) is 0 Å². The van der Waals surface area contributed by atoms with E-state index in [-0.39, 0.29) is 0 Å². The molecule has 3 aliphatic heterocycles. The summed E-state index contributed by atoms with van der Waals surface area (Å²) in [4.78, 5) is 11.4. The number of hydrogen-bond acceptors (Lipinski definition) is 3. The van der Waals surface area contributed by atoms with Crippen LogP contribution in [0, 0.1) is 130 Å². The van der Waals surface area contributed by atoms with Gasteiger partial charge in [-0.15, -0.1) is 0 Å². The monoisotopic (exact) mass is 1280 g/mol. The number of nitrogens with zero attached hydrogens (tertiary/aromatic N) is 3. The molecule has 19 rings (SSSR count). The third kappa shape index (κ3) is 11.3. The molecule has 0 radical (unpaired) electrons. The van der Waals surface area contributed by atoms with Crippen molar-refractivity contribution in [2.24, 2.45) is 130 Å².